The van der Waals surface area contributed by atoms with Gasteiger partial charge in [-0.2, -0.15) is 5.26 Å². The van der Waals surface area contributed by atoms with E-state index in [0.717, 1.165) is 0 Å². The first-order chi connectivity index (χ1) is 13.2. The molecule has 0 N–H and O–H groups in total. The van der Waals surface area contributed by atoms with Crippen molar-refractivity contribution in [3.8, 4) is 23.3 Å². The average Bonchev–Trinajstić information content (AvgIpc) is 2.63. The Kier molecular flexibility index (Phi) is 6.21. The molecule has 0 spiro atoms. The van der Waals surface area contributed by atoms with E-state index in [1.165, 1.54) is 18.2 Å². The summed E-state index contributed by atoms with van der Waals surface area (Å²) >= 11 is 0. The van der Waals surface area contributed by atoms with Gasteiger partial charge in [0.1, 0.15) is 17.2 Å². The van der Waals surface area contributed by atoms with Gasteiger partial charge in [0.15, 0.2) is 5.60 Å². The smallest absolute Gasteiger partial charge is 0.349 e. The van der Waals surface area contributed by atoms with Crippen LogP contribution in [-0.2, 0) is 9.53 Å². The molecule has 0 radical (unpaired) electrons. The number of hydrogen-bond acceptors (Lipinski definition) is 7. The van der Waals surface area contributed by atoms with E-state index in [-0.39, 0.29) is 23.6 Å². The van der Waals surface area contributed by atoms with Crippen LogP contribution in [0.4, 0.5) is 5.69 Å². The van der Waals surface area contributed by atoms with Crippen molar-refractivity contribution in [1.29, 1.82) is 5.26 Å². The minimum Gasteiger partial charge on any atom is -0.476 e. The largest absolute Gasteiger partial charge is 0.476 e. The second-order valence-electron chi connectivity index (χ2n) is 6.45. The lowest BCUT2D eigenvalue weighted by Gasteiger charge is -2.25. The van der Waals surface area contributed by atoms with Crippen molar-refractivity contribution in [1.82, 2.24) is 0 Å². The van der Waals surface area contributed by atoms with Gasteiger partial charge in [0.05, 0.1) is 29.2 Å². The summed E-state index contributed by atoms with van der Waals surface area (Å²) in [5.41, 5.74) is -0.579. The van der Waals surface area contributed by atoms with Crippen LogP contribution in [0.5, 0.6) is 17.2 Å². The minimum atomic E-state index is -1.16. The third-order valence-electron chi connectivity index (χ3n) is 3.75. The molecular formula is C20H20N2O6. The van der Waals surface area contributed by atoms with Crippen LogP contribution in [0, 0.1) is 28.4 Å². The first kappa shape index (κ1) is 20.7. The lowest BCUT2D eigenvalue weighted by molar-refractivity contribution is -0.384. The van der Waals surface area contributed by atoms with Crippen molar-refractivity contribution >= 4 is 11.7 Å². The number of nitriles is 1. The van der Waals surface area contributed by atoms with Gasteiger partial charge < -0.3 is 14.2 Å². The summed E-state index contributed by atoms with van der Waals surface area (Å²) in [6, 6.07) is 10.6. The number of esters is 1. The van der Waals surface area contributed by atoms with E-state index < -0.39 is 16.5 Å². The zero-order chi connectivity index (χ0) is 20.9. The molecule has 0 aliphatic carbocycles. The molecule has 8 nitrogen and oxygen atoms in total. The Morgan fingerprint density at radius 1 is 1.21 bits per heavy atom. The van der Waals surface area contributed by atoms with E-state index >= 15 is 0 Å². The van der Waals surface area contributed by atoms with Gasteiger partial charge in [-0.05, 0) is 57.5 Å². The fourth-order valence-electron chi connectivity index (χ4n) is 2.37. The highest BCUT2D eigenvalue weighted by Crippen LogP contribution is 2.31. The van der Waals surface area contributed by atoms with Crippen LogP contribution in [-0.4, -0.2) is 23.1 Å². The average molecular weight is 384 g/mol. The number of non-ortho nitro benzene ring substituents is 1. The summed E-state index contributed by atoms with van der Waals surface area (Å²) in [5, 5.41) is 20.0. The molecule has 2 aromatic rings. The fourth-order valence-corrected chi connectivity index (χ4v) is 2.37. The Hall–Kier alpha value is -3.60. The van der Waals surface area contributed by atoms with Crippen LogP contribution in [0.2, 0.25) is 0 Å². The summed E-state index contributed by atoms with van der Waals surface area (Å²) < 4.78 is 16.4. The zero-order valence-electron chi connectivity index (χ0n) is 16.0. The number of nitrogens with zero attached hydrogens (tertiary/aromatic N) is 2. The first-order valence-corrected chi connectivity index (χ1v) is 8.50. The monoisotopic (exact) mass is 384 g/mol. The molecule has 0 fully saturated rings. The van der Waals surface area contributed by atoms with E-state index in [0.29, 0.717) is 17.1 Å². The summed E-state index contributed by atoms with van der Waals surface area (Å²) in [6.45, 7) is 6.97. The third-order valence-corrected chi connectivity index (χ3v) is 3.75. The molecule has 146 valence electrons. The molecule has 28 heavy (non-hydrogen) atoms. The van der Waals surface area contributed by atoms with Crippen LogP contribution < -0.4 is 9.47 Å². The topological polar surface area (TPSA) is 112 Å². The van der Waals surface area contributed by atoms with Crippen LogP contribution >= 0.6 is 0 Å². The van der Waals surface area contributed by atoms with Gasteiger partial charge in [0.25, 0.3) is 5.69 Å². The maximum atomic E-state index is 12.0. The molecule has 0 amide bonds. The maximum absolute atomic E-state index is 12.0. The van der Waals surface area contributed by atoms with Gasteiger partial charge in [0, 0.05) is 6.07 Å². The molecule has 0 saturated heterocycles. The number of nitro benzene ring substituents is 1. The lowest BCUT2D eigenvalue weighted by Crippen LogP contribution is -2.39. The minimum absolute atomic E-state index is 0.122. The normalized spacial score (nSPS) is 10.7. The van der Waals surface area contributed by atoms with Crippen molar-refractivity contribution in [3.63, 3.8) is 0 Å². The van der Waals surface area contributed by atoms with Crippen molar-refractivity contribution < 1.29 is 23.9 Å². The van der Waals surface area contributed by atoms with Gasteiger partial charge in [0.2, 0.25) is 0 Å². The number of rotatable bonds is 7. The molecule has 2 aromatic carbocycles. The number of ether oxygens (including phenoxy) is 3. The second-order valence-corrected chi connectivity index (χ2v) is 6.45. The molecule has 0 aliphatic rings. The highest BCUT2D eigenvalue weighted by Gasteiger charge is 2.32. The van der Waals surface area contributed by atoms with Crippen LogP contribution in [0.3, 0.4) is 0 Å². The van der Waals surface area contributed by atoms with E-state index in [1.807, 2.05) is 6.07 Å². The van der Waals surface area contributed by atoms with Crippen molar-refractivity contribution in [2.75, 3.05) is 6.61 Å². The van der Waals surface area contributed by atoms with Crippen molar-refractivity contribution in [2.45, 2.75) is 33.3 Å². The summed E-state index contributed by atoms with van der Waals surface area (Å²) in [7, 11) is 0. The van der Waals surface area contributed by atoms with Gasteiger partial charge in [-0.25, -0.2) is 4.79 Å². The number of nitro groups is 1. The van der Waals surface area contributed by atoms with E-state index in [1.54, 1.807) is 45.9 Å². The molecular weight excluding hydrogens is 364 g/mol. The van der Waals surface area contributed by atoms with Crippen LogP contribution in [0.1, 0.15) is 31.9 Å². The Balaban J connectivity index is 2.24. The van der Waals surface area contributed by atoms with Gasteiger partial charge in [-0.3, -0.25) is 10.1 Å². The predicted octanol–water partition coefficient (Wildman–Crippen LogP) is 4.29. The highest BCUT2D eigenvalue weighted by molar-refractivity contribution is 5.79. The Bertz CT molecular complexity index is 946. The van der Waals surface area contributed by atoms with Crippen molar-refractivity contribution in [3.05, 3.63) is 57.6 Å². The molecule has 0 bridgehead atoms. The van der Waals surface area contributed by atoms with E-state index in [9.17, 15) is 14.9 Å². The molecule has 0 aromatic heterocycles. The predicted molar refractivity (Wildman–Crippen MR) is 100 cm³/mol. The summed E-state index contributed by atoms with van der Waals surface area (Å²) in [5.74, 6) is 0.575. The Labute approximate surface area is 162 Å². The number of carbonyl (C=O) groups excluding carboxylic acids is 1. The molecule has 0 aliphatic heterocycles. The van der Waals surface area contributed by atoms with Gasteiger partial charge in [-0.15, -0.1) is 0 Å². The SMILES string of the molecule is CCOC(=O)C(C)(C)Oc1ccc(Oc2cc(C#N)cc([N+](=O)[O-])c2)cc1C. The van der Waals surface area contributed by atoms with E-state index in [2.05, 4.69) is 0 Å². The van der Waals surface area contributed by atoms with Crippen molar-refractivity contribution in [2.24, 2.45) is 0 Å². The molecule has 0 atom stereocenters. The fraction of sp³-hybridized carbons (Fsp3) is 0.300. The number of aryl methyl sites for hydroxylation is 1. The molecule has 0 unspecified atom stereocenters. The molecule has 2 rings (SSSR count). The standard InChI is InChI=1S/C20H20N2O6/c1-5-26-19(23)20(3,4)28-18-7-6-16(8-13(18)2)27-17-10-14(12-21)9-15(11-17)22(24)25/h6-11H,5H2,1-4H3. The summed E-state index contributed by atoms with van der Waals surface area (Å²) in [4.78, 5) is 22.4. The number of carbonyl (C=O) groups is 1. The Morgan fingerprint density at radius 2 is 1.93 bits per heavy atom. The maximum Gasteiger partial charge on any atom is 0.349 e. The molecule has 8 heteroatoms. The van der Waals surface area contributed by atoms with Crippen LogP contribution in [0.15, 0.2) is 36.4 Å². The number of benzene rings is 2. The zero-order valence-corrected chi connectivity index (χ0v) is 16.0. The van der Waals surface area contributed by atoms with Gasteiger partial charge >= 0.3 is 5.97 Å². The summed E-state index contributed by atoms with van der Waals surface area (Å²) in [6.07, 6.45) is 0. The second kappa shape index (κ2) is 8.39. The van der Waals surface area contributed by atoms with Gasteiger partial charge in [-0.1, -0.05) is 0 Å². The molecule has 0 saturated carbocycles. The third kappa shape index (κ3) is 4.98. The van der Waals surface area contributed by atoms with E-state index in [4.69, 9.17) is 19.5 Å². The highest BCUT2D eigenvalue weighted by atomic mass is 16.6. The molecule has 0 heterocycles. The lowest BCUT2D eigenvalue weighted by atomic mass is 10.1. The van der Waals surface area contributed by atoms with Crippen LogP contribution in [0.25, 0.3) is 0 Å². The number of hydrogen-bond donors (Lipinski definition) is 0. The first-order valence-electron chi connectivity index (χ1n) is 8.50. The quantitative estimate of drug-likeness (QED) is 0.398. The Morgan fingerprint density at radius 3 is 2.50 bits per heavy atom.